The van der Waals surface area contributed by atoms with E-state index < -0.39 is 11.2 Å². The Morgan fingerprint density at radius 2 is 2.11 bits per heavy atom. The number of ether oxygens (including phenoxy) is 1. The summed E-state index contributed by atoms with van der Waals surface area (Å²) in [5.41, 5.74) is 0.0134. The van der Waals surface area contributed by atoms with Gasteiger partial charge in [0.2, 0.25) is 0 Å². The van der Waals surface area contributed by atoms with Crippen molar-refractivity contribution in [2.24, 2.45) is 5.41 Å². The van der Waals surface area contributed by atoms with Gasteiger partial charge in [-0.05, 0) is 45.2 Å². The largest absolute Gasteiger partial charge is 0.469 e. The van der Waals surface area contributed by atoms with Crippen molar-refractivity contribution >= 4 is 23.2 Å². The molecule has 0 radical (unpaired) electrons. The number of amides is 1. The summed E-state index contributed by atoms with van der Waals surface area (Å²) in [4.78, 5) is 32.0. The van der Waals surface area contributed by atoms with Crippen LogP contribution in [0.25, 0.3) is 0 Å². The summed E-state index contributed by atoms with van der Waals surface area (Å²) in [6.07, 6.45) is 4.68. The number of esters is 1. The van der Waals surface area contributed by atoms with Gasteiger partial charge in [-0.15, -0.1) is 11.3 Å². The molecule has 0 aromatic carbocycles. The number of halogens is 1. The third-order valence-electron chi connectivity index (χ3n) is 4.22. The van der Waals surface area contributed by atoms with E-state index in [0.29, 0.717) is 5.69 Å². The number of rotatable bonds is 9. The number of carbonyl (C=O) groups excluding carboxylic acids is 2. The highest BCUT2D eigenvalue weighted by Gasteiger charge is 2.27. The van der Waals surface area contributed by atoms with Crippen molar-refractivity contribution in [3.8, 4) is 0 Å². The molecular formula is C19H24FN3O3S. The van der Waals surface area contributed by atoms with Crippen LogP contribution >= 0.6 is 11.3 Å². The van der Waals surface area contributed by atoms with E-state index in [-0.39, 0.29) is 24.1 Å². The number of hydrogen-bond donors (Lipinski definition) is 1. The molecule has 146 valence electrons. The fourth-order valence-corrected chi connectivity index (χ4v) is 3.38. The molecule has 27 heavy (non-hydrogen) atoms. The van der Waals surface area contributed by atoms with E-state index in [2.05, 4.69) is 15.3 Å². The molecule has 0 bridgehead atoms. The van der Waals surface area contributed by atoms with Crippen molar-refractivity contribution < 1.29 is 18.7 Å². The third-order valence-corrected chi connectivity index (χ3v) is 5.12. The van der Waals surface area contributed by atoms with Gasteiger partial charge in [-0.3, -0.25) is 14.6 Å². The van der Waals surface area contributed by atoms with Gasteiger partial charge in [0, 0.05) is 11.6 Å². The average molecular weight is 393 g/mol. The first-order valence-electron chi connectivity index (χ1n) is 8.74. The lowest BCUT2D eigenvalue weighted by Gasteiger charge is -2.20. The number of unbranched alkanes of at least 4 members (excludes halogenated alkanes) is 1. The summed E-state index contributed by atoms with van der Waals surface area (Å²) < 4.78 is 18.3. The molecule has 0 atom stereocenters. The van der Waals surface area contributed by atoms with Crippen LogP contribution in [-0.2, 0) is 22.5 Å². The monoisotopic (exact) mass is 393 g/mol. The Hall–Kier alpha value is -2.35. The Kier molecular flexibility index (Phi) is 7.41. The molecule has 2 rings (SSSR count). The fourth-order valence-electron chi connectivity index (χ4n) is 2.55. The van der Waals surface area contributed by atoms with E-state index in [4.69, 9.17) is 4.74 Å². The van der Waals surface area contributed by atoms with E-state index in [1.54, 1.807) is 5.38 Å². The molecule has 6 nitrogen and oxygen atoms in total. The Bertz CT molecular complexity index is 792. The normalized spacial score (nSPS) is 11.3. The van der Waals surface area contributed by atoms with Crippen molar-refractivity contribution in [3.63, 3.8) is 0 Å². The van der Waals surface area contributed by atoms with Gasteiger partial charge in [0.05, 0.1) is 29.8 Å². The maximum atomic E-state index is 13.5. The molecule has 0 aliphatic heterocycles. The van der Waals surface area contributed by atoms with E-state index in [9.17, 15) is 14.0 Å². The van der Waals surface area contributed by atoms with Gasteiger partial charge in [-0.2, -0.15) is 0 Å². The zero-order valence-corrected chi connectivity index (χ0v) is 16.6. The summed E-state index contributed by atoms with van der Waals surface area (Å²) in [6, 6.07) is 2.80. The molecule has 0 aliphatic rings. The van der Waals surface area contributed by atoms with Crippen LogP contribution in [0.4, 0.5) is 4.39 Å². The highest BCUT2D eigenvalue weighted by Crippen LogP contribution is 2.25. The second-order valence-corrected chi connectivity index (χ2v) is 7.77. The molecule has 0 aliphatic carbocycles. The Labute approximate surface area is 162 Å². The second kappa shape index (κ2) is 9.55. The number of hydrogen-bond acceptors (Lipinski definition) is 6. The van der Waals surface area contributed by atoms with Crippen molar-refractivity contribution in [1.82, 2.24) is 15.3 Å². The second-order valence-electron chi connectivity index (χ2n) is 6.82. The number of nitrogens with zero attached hydrogens (tertiary/aromatic N) is 2. The zero-order valence-electron chi connectivity index (χ0n) is 15.8. The van der Waals surface area contributed by atoms with Gasteiger partial charge in [0.1, 0.15) is 11.5 Å². The first-order valence-corrected chi connectivity index (χ1v) is 9.62. The zero-order chi connectivity index (χ0) is 19.9. The minimum absolute atomic E-state index is 0.0149. The van der Waals surface area contributed by atoms with Crippen LogP contribution in [0, 0.1) is 11.2 Å². The van der Waals surface area contributed by atoms with Crippen molar-refractivity contribution in [1.29, 1.82) is 0 Å². The van der Waals surface area contributed by atoms with Gasteiger partial charge < -0.3 is 10.1 Å². The van der Waals surface area contributed by atoms with Gasteiger partial charge in [0.15, 0.2) is 0 Å². The molecule has 0 saturated carbocycles. The Morgan fingerprint density at radius 3 is 2.81 bits per heavy atom. The molecule has 2 aromatic heterocycles. The summed E-state index contributed by atoms with van der Waals surface area (Å²) >= 11 is 1.42. The van der Waals surface area contributed by atoms with E-state index in [0.717, 1.165) is 30.7 Å². The minimum Gasteiger partial charge on any atom is -0.469 e. The molecule has 1 N–H and O–H groups in total. The van der Waals surface area contributed by atoms with Crippen molar-refractivity contribution in [2.75, 3.05) is 7.11 Å². The number of methoxy groups -OCH3 is 1. The topological polar surface area (TPSA) is 81.2 Å². The molecule has 8 heteroatoms. The molecule has 0 unspecified atom stereocenters. The van der Waals surface area contributed by atoms with Crippen LogP contribution in [0.1, 0.15) is 54.3 Å². The minimum atomic E-state index is -0.497. The summed E-state index contributed by atoms with van der Waals surface area (Å²) in [6.45, 7) is 3.76. The Balaban J connectivity index is 1.78. The molecule has 2 aromatic rings. The molecule has 0 spiro atoms. The molecule has 1 amide bonds. The lowest BCUT2D eigenvalue weighted by atomic mass is 9.87. The smallest absolute Gasteiger partial charge is 0.311 e. The van der Waals surface area contributed by atoms with Gasteiger partial charge >= 0.3 is 5.97 Å². The highest BCUT2D eigenvalue weighted by molar-refractivity contribution is 7.09. The van der Waals surface area contributed by atoms with E-state index >= 15 is 0 Å². The molecule has 2 heterocycles. The Morgan fingerprint density at radius 1 is 1.33 bits per heavy atom. The van der Waals surface area contributed by atoms with E-state index in [1.165, 1.54) is 36.8 Å². The standard InChI is InChI=1S/C19H24FN3O3S/c1-19(2,18(25)26-3)9-5-4-8-16-23-15(12-27-16)17(24)22-11-14-13(20)7-6-10-21-14/h6-7,10,12H,4-5,8-9,11H2,1-3H3,(H,22,24). The number of aryl methyl sites for hydroxylation is 1. The summed E-state index contributed by atoms with van der Waals surface area (Å²) in [7, 11) is 1.40. The highest BCUT2D eigenvalue weighted by atomic mass is 32.1. The SMILES string of the molecule is COC(=O)C(C)(C)CCCCc1nc(C(=O)NCc2ncccc2F)cs1. The third kappa shape index (κ3) is 6.09. The lowest BCUT2D eigenvalue weighted by molar-refractivity contribution is -0.151. The van der Waals surface area contributed by atoms with Gasteiger partial charge in [-0.25, -0.2) is 9.37 Å². The number of pyridine rings is 1. The average Bonchev–Trinajstić information content (AvgIpc) is 3.12. The van der Waals surface area contributed by atoms with Crippen molar-refractivity contribution in [2.45, 2.75) is 46.1 Å². The van der Waals surface area contributed by atoms with Crippen molar-refractivity contribution in [3.05, 3.63) is 45.9 Å². The fraction of sp³-hybridized carbons (Fsp3) is 0.474. The number of aromatic nitrogens is 2. The van der Waals surface area contributed by atoms with Gasteiger partial charge in [-0.1, -0.05) is 6.42 Å². The molecule has 0 fully saturated rings. The predicted molar refractivity (Wildman–Crippen MR) is 101 cm³/mol. The summed E-state index contributed by atoms with van der Waals surface area (Å²) in [5, 5.41) is 5.18. The van der Waals surface area contributed by atoms with Crippen LogP contribution in [0.3, 0.4) is 0 Å². The quantitative estimate of drug-likeness (QED) is 0.521. The maximum Gasteiger partial charge on any atom is 0.311 e. The van der Waals surface area contributed by atoms with Crippen LogP contribution in [-0.4, -0.2) is 29.0 Å². The van der Waals surface area contributed by atoms with Crippen LogP contribution in [0.2, 0.25) is 0 Å². The van der Waals surface area contributed by atoms with Gasteiger partial charge in [0.25, 0.3) is 5.91 Å². The van der Waals surface area contributed by atoms with Crippen LogP contribution < -0.4 is 5.32 Å². The molecular weight excluding hydrogens is 369 g/mol. The van der Waals surface area contributed by atoms with Crippen LogP contribution in [0.5, 0.6) is 0 Å². The lowest BCUT2D eigenvalue weighted by Crippen LogP contribution is -2.25. The predicted octanol–water partition coefficient (Wildman–Crippen LogP) is 3.52. The van der Waals surface area contributed by atoms with Crippen LogP contribution in [0.15, 0.2) is 23.7 Å². The summed E-state index contributed by atoms with van der Waals surface area (Å²) in [5.74, 6) is -1.01. The first-order chi connectivity index (χ1) is 12.8. The number of thiazole rings is 1. The molecule has 0 saturated heterocycles. The first kappa shape index (κ1) is 21.0. The number of nitrogens with one attached hydrogen (secondary N) is 1. The number of carbonyl (C=O) groups is 2. The maximum absolute atomic E-state index is 13.5. The van der Waals surface area contributed by atoms with E-state index in [1.807, 2.05) is 13.8 Å².